The Balaban J connectivity index is 1.85. The number of hydrogen-bond donors (Lipinski definition) is 1. The van der Waals surface area contributed by atoms with Gasteiger partial charge in [0.15, 0.2) is 0 Å². The van der Waals surface area contributed by atoms with E-state index in [1.54, 1.807) is 0 Å². The molecule has 2 fully saturated rings. The highest BCUT2D eigenvalue weighted by molar-refractivity contribution is 5.17. The first-order chi connectivity index (χ1) is 10.2. The third-order valence-corrected chi connectivity index (χ3v) is 5.25. The van der Waals surface area contributed by atoms with Gasteiger partial charge in [0.2, 0.25) is 0 Å². The molecule has 3 heterocycles. The second-order valence-electron chi connectivity index (χ2n) is 6.64. The van der Waals surface area contributed by atoms with Crippen molar-refractivity contribution in [1.82, 2.24) is 14.8 Å². The minimum absolute atomic E-state index is 0.171. The lowest BCUT2D eigenvalue weighted by molar-refractivity contribution is 0.0183. The highest BCUT2D eigenvalue weighted by Crippen LogP contribution is 2.33. The zero-order chi connectivity index (χ0) is 14.8. The monoisotopic (exact) mass is 288 g/mol. The van der Waals surface area contributed by atoms with Gasteiger partial charge < -0.3 is 5.73 Å². The van der Waals surface area contributed by atoms with Crippen LogP contribution in [0.3, 0.4) is 0 Å². The van der Waals surface area contributed by atoms with Crippen molar-refractivity contribution in [1.29, 1.82) is 0 Å². The summed E-state index contributed by atoms with van der Waals surface area (Å²) >= 11 is 0. The molecule has 4 heteroatoms. The highest BCUT2D eigenvalue weighted by atomic mass is 15.3. The van der Waals surface area contributed by atoms with Gasteiger partial charge in [0.1, 0.15) is 0 Å². The number of nitrogens with two attached hydrogens (primary N) is 1. The second-order valence-corrected chi connectivity index (χ2v) is 6.64. The summed E-state index contributed by atoms with van der Waals surface area (Å²) in [4.78, 5) is 9.62. The molecule has 21 heavy (non-hydrogen) atoms. The summed E-state index contributed by atoms with van der Waals surface area (Å²) in [6, 6.07) is 5.96. The van der Waals surface area contributed by atoms with Crippen LogP contribution in [0, 0.1) is 0 Å². The van der Waals surface area contributed by atoms with Crippen LogP contribution in [0.4, 0.5) is 0 Å². The Kier molecular flexibility index (Phi) is 4.57. The molecule has 1 aromatic rings. The van der Waals surface area contributed by atoms with Gasteiger partial charge in [-0.05, 0) is 44.4 Å². The molecule has 0 aromatic carbocycles. The van der Waals surface area contributed by atoms with Crippen molar-refractivity contribution in [2.45, 2.75) is 57.3 Å². The van der Waals surface area contributed by atoms with Crippen molar-refractivity contribution in [3.63, 3.8) is 0 Å². The molecule has 0 aliphatic carbocycles. The quantitative estimate of drug-likeness (QED) is 0.921. The third-order valence-electron chi connectivity index (χ3n) is 5.25. The van der Waals surface area contributed by atoms with Gasteiger partial charge in [-0.3, -0.25) is 14.8 Å². The molecule has 0 radical (unpaired) electrons. The zero-order valence-corrected chi connectivity index (χ0v) is 13.3. The van der Waals surface area contributed by atoms with Crippen LogP contribution >= 0.6 is 0 Å². The maximum absolute atomic E-state index is 6.50. The molecule has 0 spiro atoms. The van der Waals surface area contributed by atoms with Gasteiger partial charge in [0.05, 0.1) is 6.04 Å². The van der Waals surface area contributed by atoms with E-state index in [1.165, 1.54) is 31.5 Å². The lowest BCUT2D eigenvalue weighted by Gasteiger charge is -2.47. The molecule has 4 unspecified atom stereocenters. The normalized spacial score (nSPS) is 30.0. The van der Waals surface area contributed by atoms with Crippen LogP contribution in [0.1, 0.15) is 44.7 Å². The Morgan fingerprint density at radius 1 is 1.43 bits per heavy atom. The van der Waals surface area contributed by atoms with Crippen molar-refractivity contribution in [3.05, 3.63) is 30.1 Å². The summed E-state index contributed by atoms with van der Waals surface area (Å²) in [5.74, 6) is 0. The molecule has 2 N–H and O–H groups in total. The van der Waals surface area contributed by atoms with Crippen molar-refractivity contribution in [2.24, 2.45) is 5.73 Å². The van der Waals surface area contributed by atoms with Gasteiger partial charge in [-0.1, -0.05) is 13.0 Å². The lowest BCUT2D eigenvalue weighted by Crippen LogP contribution is -2.58. The first kappa shape index (κ1) is 14.9. The van der Waals surface area contributed by atoms with E-state index in [-0.39, 0.29) is 6.04 Å². The van der Waals surface area contributed by atoms with Crippen molar-refractivity contribution in [2.75, 3.05) is 19.6 Å². The van der Waals surface area contributed by atoms with E-state index in [0.29, 0.717) is 12.1 Å². The molecule has 4 atom stereocenters. The average molecular weight is 288 g/mol. The summed E-state index contributed by atoms with van der Waals surface area (Å²) in [5.41, 5.74) is 7.77. The van der Waals surface area contributed by atoms with E-state index in [2.05, 4.69) is 34.7 Å². The van der Waals surface area contributed by atoms with Crippen molar-refractivity contribution < 1.29 is 0 Å². The van der Waals surface area contributed by atoms with E-state index < -0.39 is 0 Å². The largest absolute Gasteiger partial charge is 0.326 e. The smallest absolute Gasteiger partial charge is 0.0518 e. The molecule has 4 nitrogen and oxygen atoms in total. The molecule has 116 valence electrons. The molecule has 2 aliphatic heterocycles. The highest BCUT2D eigenvalue weighted by Gasteiger charge is 2.39. The molecule has 3 rings (SSSR count). The molecule has 2 saturated heterocycles. The van der Waals surface area contributed by atoms with Gasteiger partial charge in [-0.15, -0.1) is 0 Å². The zero-order valence-electron chi connectivity index (χ0n) is 13.3. The second kappa shape index (κ2) is 6.42. The summed E-state index contributed by atoms with van der Waals surface area (Å²) in [5, 5.41) is 0. The number of piperazine rings is 1. The van der Waals surface area contributed by atoms with E-state index in [1.807, 2.05) is 18.5 Å². The standard InChI is InChI=1S/C17H28N4/c1-3-16(18)17(14-6-4-8-19-10-14)21-12-15-7-5-9-20(15)11-13(21)2/h4,6,8,10,13,15-17H,3,5,7,9,11-12,18H2,1-2H3. The van der Waals surface area contributed by atoms with Gasteiger partial charge in [0.25, 0.3) is 0 Å². The first-order valence-electron chi connectivity index (χ1n) is 8.36. The molecule has 0 saturated carbocycles. The number of hydrogen-bond acceptors (Lipinski definition) is 4. The van der Waals surface area contributed by atoms with Gasteiger partial charge >= 0.3 is 0 Å². The predicted molar refractivity (Wildman–Crippen MR) is 86.0 cm³/mol. The first-order valence-corrected chi connectivity index (χ1v) is 8.36. The summed E-state index contributed by atoms with van der Waals surface area (Å²) in [6.07, 6.45) is 7.52. The van der Waals surface area contributed by atoms with Crippen molar-refractivity contribution >= 4 is 0 Å². The van der Waals surface area contributed by atoms with Crippen LogP contribution in [0.2, 0.25) is 0 Å². The molecular weight excluding hydrogens is 260 g/mol. The summed E-state index contributed by atoms with van der Waals surface area (Å²) < 4.78 is 0. The van der Waals surface area contributed by atoms with Crippen LogP contribution in [-0.4, -0.2) is 52.5 Å². The maximum atomic E-state index is 6.50. The number of pyridine rings is 1. The van der Waals surface area contributed by atoms with E-state index in [9.17, 15) is 0 Å². The van der Waals surface area contributed by atoms with E-state index in [4.69, 9.17) is 5.73 Å². The maximum Gasteiger partial charge on any atom is 0.0518 e. The van der Waals surface area contributed by atoms with Gasteiger partial charge in [0, 0.05) is 43.6 Å². The van der Waals surface area contributed by atoms with Crippen LogP contribution in [0.5, 0.6) is 0 Å². The van der Waals surface area contributed by atoms with E-state index >= 15 is 0 Å². The van der Waals surface area contributed by atoms with Crippen LogP contribution in [-0.2, 0) is 0 Å². The Labute approximate surface area is 128 Å². The topological polar surface area (TPSA) is 45.4 Å². The fourth-order valence-electron chi connectivity index (χ4n) is 4.06. The predicted octanol–water partition coefficient (Wildman–Crippen LogP) is 2.03. The number of rotatable bonds is 4. The Bertz CT molecular complexity index is 449. The Hall–Kier alpha value is -0.970. The average Bonchev–Trinajstić information content (AvgIpc) is 2.95. The number of aromatic nitrogens is 1. The molecule has 2 aliphatic rings. The third kappa shape index (κ3) is 2.98. The fraction of sp³-hybridized carbons (Fsp3) is 0.706. The van der Waals surface area contributed by atoms with Crippen LogP contribution in [0.15, 0.2) is 24.5 Å². The Morgan fingerprint density at radius 2 is 2.29 bits per heavy atom. The SMILES string of the molecule is CCC(N)C(c1cccnc1)N1CC2CCCN2CC1C. The van der Waals surface area contributed by atoms with Gasteiger partial charge in [-0.25, -0.2) is 0 Å². The summed E-state index contributed by atoms with van der Waals surface area (Å²) in [7, 11) is 0. The van der Waals surface area contributed by atoms with Crippen LogP contribution in [0.25, 0.3) is 0 Å². The molecule has 0 bridgehead atoms. The summed E-state index contributed by atoms with van der Waals surface area (Å²) in [6.45, 7) is 8.14. The van der Waals surface area contributed by atoms with Crippen LogP contribution < -0.4 is 5.73 Å². The Morgan fingerprint density at radius 3 is 3.00 bits per heavy atom. The van der Waals surface area contributed by atoms with Crippen molar-refractivity contribution in [3.8, 4) is 0 Å². The molecular formula is C17H28N4. The number of nitrogens with zero attached hydrogens (tertiary/aromatic N) is 3. The molecule has 1 aromatic heterocycles. The van der Waals surface area contributed by atoms with Gasteiger partial charge in [-0.2, -0.15) is 0 Å². The lowest BCUT2D eigenvalue weighted by atomic mass is 9.94. The fourth-order valence-corrected chi connectivity index (χ4v) is 4.06. The number of fused-ring (bicyclic) bond motifs is 1. The minimum atomic E-state index is 0.171. The minimum Gasteiger partial charge on any atom is -0.326 e. The molecule has 0 amide bonds. The van der Waals surface area contributed by atoms with E-state index in [0.717, 1.165) is 19.0 Å².